The van der Waals surface area contributed by atoms with Crippen LogP contribution in [-0.4, -0.2) is 17.9 Å². The van der Waals surface area contributed by atoms with Crippen LogP contribution in [0, 0.1) is 11.3 Å². The molecule has 0 radical (unpaired) electrons. The van der Waals surface area contributed by atoms with Crippen LogP contribution < -0.4 is 0 Å². The van der Waals surface area contributed by atoms with Gasteiger partial charge in [0, 0.05) is 5.57 Å². The number of carbonyl (C=O) groups excluding carboxylic acids is 2. The molecule has 2 aliphatic carbocycles. The van der Waals surface area contributed by atoms with Gasteiger partial charge in [-0.25, -0.2) is 4.79 Å². The minimum absolute atomic E-state index is 0.0791. The normalized spacial score (nSPS) is 31.4. The van der Waals surface area contributed by atoms with Crippen molar-refractivity contribution in [2.24, 2.45) is 11.3 Å². The van der Waals surface area contributed by atoms with Crippen molar-refractivity contribution in [3.63, 3.8) is 0 Å². The summed E-state index contributed by atoms with van der Waals surface area (Å²) in [4.78, 5) is 24.6. The van der Waals surface area contributed by atoms with E-state index in [-0.39, 0.29) is 23.3 Å². The average molecular weight is 316 g/mol. The van der Waals surface area contributed by atoms with Crippen LogP contribution in [0.15, 0.2) is 34.4 Å². The molecule has 3 nitrogen and oxygen atoms in total. The van der Waals surface area contributed by atoms with Crippen LogP contribution in [0.5, 0.6) is 0 Å². The second-order valence-electron chi connectivity index (χ2n) is 7.38. The van der Waals surface area contributed by atoms with Crippen molar-refractivity contribution < 1.29 is 14.3 Å². The molecule has 2 rings (SSSR count). The average Bonchev–Trinajstić information content (AvgIpc) is 2.50. The molecule has 3 atom stereocenters. The van der Waals surface area contributed by atoms with Crippen LogP contribution in [0.1, 0.15) is 60.8 Å². The first-order valence-corrected chi connectivity index (χ1v) is 8.47. The van der Waals surface area contributed by atoms with Gasteiger partial charge in [-0.05, 0) is 75.5 Å². The summed E-state index contributed by atoms with van der Waals surface area (Å²) in [6.45, 7) is 12.0. The fraction of sp³-hybridized carbons (Fsp3) is 0.600. The summed E-state index contributed by atoms with van der Waals surface area (Å²) in [7, 11) is 0. The van der Waals surface area contributed by atoms with Crippen molar-refractivity contribution >= 4 is 11.8 Å². The number of hydrogen-bond acceptors (Lipinski definition) is 3. The van der Waals surface area contributed by atoms with Crippen molar-refractivity contribution in [2.75, 3.05) is 0 Å². The van der Waals surface area contributed by atoms with E-state index < -0.39 is 0 Å². The number of esters is 1. The van der Waals surface area contributed by atoms with Crippen molar-refractivity contribution in [1.29, 1.82) is 0 Å². The monoisotopic (exact) mass is 316 g/mol. The molecule has 0 saturated heterocycles. The van der Waals surface area contributed by atoms with E-state index in [0.717, 1.165) is 36.0 Å². The van der Waals surface area contributed by atoms with Crippen molar-refractivity contribution in [3.8, 4) is 0 Å². The lowest BCUT2D eigenvalue weighted by Crippen LogP contribution is -2.43. The highest BCUT2D eigenvalue weighted by Crippen LogP contribution is 2.52. The quantitative estimate of drug-likeness (QED) is 0.555. The zero-order valence-electron chi connectivity index (χ0n) is 15.2. The predicted molar refractivity (Wildman–Crippen MR) is 91.9 cm³/mol. The van der Waals surface area contributed by atoms with E-state index in [9.17, 15) is 9.59 Å². The summed E-state index contributed by atoms with van der Waals surface area (Å²) in [6.07, 6.45) is 5.77. The molecule has 1 saturated carbocycles. The van der Waals surface area contributed by atoms with E-state index in [0.29, 0.717) is 11.5 Å². The molecule has 126 valence electrons. The molecule has 3 heteroatoms. The molecule has 0 N–H and O–H groups in total. The molecule has 0 heterocycles. The van der Waals surface area contributed by atoms with E-state index in [4.69, 9.17) is 4.74 Å². The maximum atomic E-state index is 12.5. The van der Waals surface area contributed by atoms with Gasteiger partial charge in [-0.1, -0.05) is 25.5 Å². The molecule has 0 amide bonds. The Morgan fingerprint density at radius 1 is 1.30 bits per heavy atom. The van der Waals surface area contributed by atoms with Crippen molar-refractivity contribution in [2.45, 2.75) is 66.9 Å². The summed E-state index contributed by atoms with van der Waals surface area (Å²) < 4.78 is 5.73. The molecular formula is C20H28O3. The van der Waals surface area contributed by atoms with E-state index in [1.807, 2.05) is 20.8 Å². The van der Waals surface area contributed by atoms with Gasteiger partial charge in [0.1, 0.15) is 6.10 Å². The third kappa shape index (κ3) is 3.19. The highest BCUT2D eigenvalue weighted by atomic mass is 16.5. The van der Waals surface area contributed by atoms with Crippen LogP contribution in [0.2, 0.25) is 0 Å². The number of ketones is 1. The van der Waals surface area contributed by atoms with Gasteiger partial charge in [0.25, 0.3) is 0 Å². The number of fused-ring (bicyclic) bond motifs is 1. The Hall–Kier alpha value is -1.64. The second kappa shape index (κ2) is 6.46. The Morgan fingerprint density at radius 2 is 1.96 bits per heavy atom. The molecule has 0 aromatic carbocycles. The van der Waals surface area contributed by atoms with Crippen LogP contribution in [0.25, 0.3) is 0 Å². The summed E-state index contributed by atoms with van der Waals surface area (Å²) in [5.41, 5.74) is 3.51. The van der Waals surface area contributed by atoms with Gasteiger partial charge < -0.3 is 4.74 Å². The van der Waals surface area contributed by atoms with E-state index >= 15 is 0 Å². The Bertz CT molecular complexity index is 617. The fourth-order valence-corrected chi connectivity index (χ4v) is 3.63. The summed E-state index contributed by atoms with van der Waals surface area (Å²) in [5, 5.41) is 0. The standard InChI is InChI=1S/C20H28O3/c1-7-13(4)19(22)23-18-9-8-14(5)20(6)11-15(12(2)3)17(21)10-16(18)20/h7,10,14,18H,8-9,11H2,1-6H3. The van der Waals surface area contributed by atoms with Crippen LogP contribution in [0.3, 0.4) is 0 Å². The summed E-state index contributed by atoms with van der Waals surface area (Å²) in [5.74, 6) is 0.264. The predicted octanol–water partition coefficient (Wildman–Crippen LogP) is 4.54. The Balaban J connectivity index is 2.39. The molecule has 0 bridgehead atoms. The first-order chi connectivity index (χ1) is 10.7. The van der Waals surface area contributed by atoms with Crippen LogP contribution >= 0.6 is 0 Å². The lowest BCUT2D eigenvalue weighted by atomic mass is 9.58. The second-order valence-corrected chi connectivity index (χ2v) is 7.38. The third-order valence-electron chi connectivity index (χ3n) is 5.69. The van der Waals surface area contributed by atoms with Crippen LogP contribution in [0.4, 0.5) is 0 Å². The highest BCUT2D eigenvalue weighted by Gasteiger charge is 2.47. The number of hydrogen-bond donors (Lipinski definition) is 0. The maximum absolute atomic E-state index is 12.5. The van der Waals surface area contributed by atoms with Crippen molar-refractivity contribution in [3.05, 3.63) is 34.4 Å². The maximum Gasteiger partial charge on any atom is 0.333 e. The summed E-state index contributed by atoms with van der Waals surface area (Å²) in [6, 6.07) is 0. The number of rotatable bonds is 2. The summed E-state index contributed by atoms with van der Waals surface area (Å²) >= 11 is 0. The fourth-order valence-electron chi connectivity index (χ4n) is 3.63. The molecule has 2 aliphatic rings. The van der Waals surface area contributed by atoms with Gasteiger partial charge in [-0.15, -0.1) is 0 Å². The van der Waals surface area contributed by atoms with Gasteiger partial charge in [-0.2, -0.15) is 0 Å². The molecule has 0 spiro atoms. The molecule has 0 aliphatic heterocycles. The third-order valence-corrected chi connectivity index (χ3v) is 5.69. The van der Waals surface area contributed by atoms with Gasteiger partial charge in [0.2, 0.25) is 0 Å². The van der Waals surface area contributed by atoms with Gasteiger partial charge in [-0.3, -0.25) is 4.79 Å². The van der Waals surface area contributed by atoms with Crippen LogP contribution in [-0.2, 0) is 14.3 Å². The van der Waals surface area contributed by atoms with Crippen molar-refractivity contribution in [1.82, 2.24) is 0 Å². The highest BCUT2D eigenvalue weighted by molar-refractivity contribution is 6.06. The lowest BCUT2D eigenvalue weighted by molar-refractivity contribution is -0.145. The lowest BCUT2D eigenvalue weighted by Gasteiger charge is -2.47. The zero-order chi connectivity index (χ0) is 17.4. The Labute approximate surface area is 139 Å². The smallest absolute Gasteiger partial charge is 0.333 e. The molecular weight excluding hydrogens is 288 g/mol. The molecule has 0 aromatic heterocycles. The molecule has 1 fully saturated rings. The molecule has 3 unspecified atom stereocenters. The first-order valence-electron chi connectivity index (χ1n) is 8.47. The van der Waals surface area contributed by atoms with E-state index in [1.54, 1.807) is 19.1 Å². The van der Waals surface area contributed by atoms with Gasteiger partial charge >= 0.3 is 5.97 Å². The molecule has 0 aromatic rings. The largest absolute Gasteiger partial charge is 0.454 e. The number of carbonyl (C=O) groups is 2. The number of ether oxygens (including phenoxy) is 1. The van der Waals surface area contributed by atoms with Gasteiger partial charge in [0.15, 0.2) is 5.78 Å². The van der Waals surface area contributed by atoms with E-state index in [1.165, 1.54) is 0 Å². The van der Waals surface area contributed by atoms with Gasteiger partial charge in [0.05, 0.1) is 0 Å². The SMILES string of the molecule is CC=C(C)C(=O)OC1CCC(C)C2(C)CC(=C(C)C)C(=O)C=C12. The Morgan fingerprint density at radius 3 is 2.52 bits per heavy atom. The number of allylic oxidation sites excluding steroid dienone is 4. The van der Waals surface area contributed by atoms with E-state index in [2.05, 4.69) is 13.8 Å². The molecule has 23 heavy (non-hydrogen) atoms. The Kier molecular flexibility index (Phi) is 4.98. The topological polar surface area (TPSA) is 43.4 Å². The minimum Gasteiger partial charge on any atom is -0.454 e. The zero-order valence-corrected chi connectivity index (χ0v) is 15.2. The first kappa shape index (κ1) is 17.7. The minimum atomic E-state index is -0.282.